The Hall–Kier alpha value is -3.19. The molecule has 1 atom stereocenters. The first-order chi connectivity index (χ1) is 13.8. The second-order valence-electron chi connectivity index (χ2n) is 6.84. The van der Waals surface area contributed by atoms with Crippen molar-refractivity contribution in [3.63, 3.8) is 0 Å². The highest BCUT2D eigenvalue weighted by Gasteiger charge is 2.18. The van der Waals surface area contributed by atoms with Crippen molar-refractivity contribution < 1.29 is 23.9 Å². The molecule has 2 rings (SSSR count). The molecule has 0 unspecified atom stereocenters. The minimum atomic E-state index is -0.617. The van der Waals surface area contributed by atoms with Gasteiger partial charge in [0.25, 0.3) is 0 Å². The normalized spacial score (nSPS) is 11.6. The lowest BCUT2D eigenvalue weighted by Gasteiger charge is -2.22. The predicted molar refractivity (Wildman–Crippen MR) is 110 cm³/mol. The smallest absolute Gasteiger partial charge is 0.337 e. The van der Waals surface area contributed by atoms with E-state index in [0.29, 0.717) is 5.69 Å². The average Bonchev–Trinajstić information content (AvgIpc) is 2.72. The summed E-state index contributed by atoms with van der Waals surface area (Å²) in [6.07, 6.45) is 0. The maximum Gasteiger partial charge on any atom is 0.337 e. The van der Waals surface area contributed by atoms with Crippen molar-refractivity contribution in [2.75, 3.05) is 26.1 Å². The maximum absolute atomic E-state index is 12.5. The van der Waals surface area contributed by atoms with Gasteiger partial charge >= 0.3 is 11.9 Å². The van der Waals surface area contributed by atoms with E-state index in [0.717, 1.165) is 5.56 Å². The highest BCUT2D eigenvalue weighted by Crippen LogP contribution is 2.21. The molecule has 2 aromatic rings. The van der Waals surface area contributed by atoms with Gasteiger partial charge < -0.3 is 20.1 Å². The minimum absolute atomic E-state index is 0.00832. The Morgan fingerprint density at radius 2 is 1.45 bits per heavy atom. The van der Waals surface area contributed by atoms with Gasteiger partial charge in [-0.2, -0.15) is 0 Å². The Balaban J connectivity index is 2.13. The SMILES string of the molecule is COC(=O)c1cc(NC(=O)CN[C@@H](c2ccccc2)C(C)C)cc(C(=O)OC)c1. The van der Waals surface area contributed by atoms with Gasteiger partial charge in [-0.15, -0.1) is 0 Å². The summed E-state index contributed by atoms with van der Waals surface area (Å²) >= 11 is 0. The van der Waals surface area contributed by atoms with Crippen LogP contribution in [0.4, 0.5) is 5.69 Å². The molecule has 154 valence electrons. The van der Waals surface area contributed by atoms with Gasteiger partial charge in [-0.25, -0.2) is 9.59 Å². The molecular weight excluding hydrogens is 372 g/mol. The molecule has 29 heavy (non-hydrogen) atoms. The van der Waals surface area contributed by atoms with Crippen molar-refractivity contribution in [2.24, 2.45) is 5.92 Å². The molecule has 0 aliphatic carbocycles. The van der Waals surface area contributed by atoms with Crippen molar-refractivity contribution in [1.82, 2.24) is 5.32 Å². The van der Waals surface area contributed by atoms with Crippen LogP contribution in [0.25, 0.3) is 0 Å². The van der Waals surface area contributed by atoms with E-state index in [9.17, 15) is 14.4 Å². The van der Waals surface area contributed by atoms with Crippen LogP contribution in [0.1, 0.15) is 46.2 Å². The van der Waals surface area contributed by atoms with E-state index < -0.39 is 11.9 Å². The zero-order valence-electron chi connectivity index (χ0n) is 17.0. The molecule has 0 aliphatic rings. The van der Waals surface area contributed by atoms with Crippen molar-refractivity contribution in [3.8, 4) is 0 Å². The third-order valence-corrected chi connectivity index (χ3v) is 4.37. The number of hydrogen-bond donors (Lipinski definition) is 2. The summed E-state index contributed by atoms with van der Waals surface area (Å²) in [6, 6.07) is 14.2. The topological polar surface area (TPSA) is 93.7 Å². The number of carbonyl (C=O) groups is 3. The highest BCUT2D eigenvalue weighted by molar-refractivity contribution is 5.99. The zero-order valence-corrected chi connectivity index (χ0v) is 17.0. The zero-order chi connectivity index (χ0) is 21.4. The van der Waals surface area contributed by atoms with Crippen molar-refractivity contribution in [2.45, 2.75) is 19.9 Å². The van der Waals surface area contributed by atoms with E-state index in [1.54, 1.807) is 0 Å². The first-order valence-corrected chi connectivity index (χ1v) is 9.25. The summed E-state index contributed by atoms with van der Waals surface area (Å²) in [5.41, 5.74) is 1.68. The molecule has 7 nitrogen and oxygen atoms in total. The molecule has 0 saturated carbocycles. The second-order valence-corrected chi connectivity index (χ2v) is 6.84. The van der Waals surface area contributed by atoms with Crippen molar-refractivity contribution in [3.05, 3.63) is 65.2 Å². The number of amides is 1. The van der Waals surface area contributed by atoms with Crippen LogP contribution in [-0.4, -0.2) is 38.6 Å². The Kier molecular flexibility index (Phi) is 7.91. The van der Waals surface area contributed by atoms with E-state index >= 15 is 0 Å². The number of rotatable bonds is 8. The van der Waals surface area contributed by atoms with Crippen LogP contribution in [-0.2, 0) is 14.3 Å². The number of benzene rings is 2. The molecule has 2 aromatic carbocycles. The molecule has 1 amide bonds. The summed E-state index contributed by atoms with van der Waals surface area (Å²) in [7, 11) is 2.48. The number of ether oxygens (including phenoxy) is 2. The van der Waals surface area contributed by atoms with Crippen LogP contribution in [0.5, 0.6) is 0 Å². The molecule has 0 spiro atoms. The molecule has 0 radical (unpaired) electrons. The number of anilines is 1. The molecule has 0 heterocycles. The van der Waals surface area contributed by atoms with E-state index in [2.05, 4.69) is 24.5 Å². The fourth-order valence-electron chi connectivity index (χ4n) is 2.98. The van der Waals surface area contributed by atoms with Crippen molar-refractivity contribution in [1.29, 1.82) is 0 Å². The monoisotopic (exact) mass is 398 g/mol. The Morgan fingerprint density at radius 1 is 0.897 bits per heavy atom. The van der Waals surface area contributed by atoms with E-state index in [-0.39, 0.29) is 35.5 Å². The van der Waals surface area contributed by atoms with E-state index in [1.165, 1.54) is 32.4 Å². The first-order valence-electron chi connectivity index (χ1n) is 9.25. The second kappa shape index (κ2) is 10.4. The lowest BCUT2D eigenvalue weighted by Crippen LogP contribution is -2.33. The Labute approximate surface area is 170 Å². The van der Waals surface area contributed by atoms with Gasteiger partial charge in [0.1, 0.15) is 0 Å². The summed E-state index contributed by atoms with van der Waals surface area (Å²) in [5, 5.41) is 5.97. The molecule has 2 N–H and O–H groups in total. The van der Waals surface area contributed by atoms with Crippen LogP contribution < -0.4 is 10.6 Å². The molecule has 0 aliphatic heterocycles. The minimum Gasteiger partial charge on any atom is -0.465 e. The van der Waals surface area contributed by atoms with Gasteiger partial charge in [0.2, 0.25) is 5.91 Å². The summed E-state index contributed by atoms with van der Waals surface area (Å²) < 4.78 is 9.41. The molecule has 0 fully saturated rings. The number of hydrogen-bond acceptors (Lipinski definition) is 6. The Bertz CT molecular complexity index is 831. The molecule has 7 heteroatoms. The van der Waals surface area contributed by atoms with Gasteiger partial charge in [-0.05, 0) is 29.7 Å². The lowest BCUT2D eigenvalue weighted by atomic mass is 9.96. The maximum atomic E-state index is 12.5. The predicted octanol–water partition coefficient (Wildman–Crippen LogP) is 3.19. The molecule has 0 bridgehead atoms. The van der Waals surface area contributed by atoms with Crippen LogP contribution in [0.15, 0.2) is 48.5 Å². The highest BCUT2D eigenvalue weighted by atomic mass is 16.5. The number of nitrogens with one attached hydrogen (secondary N) is 2. The third kappa shape index (κ3) is 6.15. The van der Waals surface area contributed by atoms with Gasteiger partial charge in [-0.3, -0.25) is 4.79 Å². The lowest BCUT2D eigenvalue weighted by molar-refractivity contribution is -0.115. The number of esters is 2. The molecular formula is C22H26N2O5. The fourth-order valence-corrected chi connectivity index (χ4v) is 2.98. The summed E-state index contributed by atoms with van der Waals surface area (Å²) in [4.78, 5) is 36.2. The standard InChI is InChI=1S/C22H26N2O5/c1-14(2)20(15-8-6-5-7-9-15)23-13-19(25)24-18-11-16(21(26)28-3)10-17(12-18)22(27)29-4/h5-12,14,20,23H,13H2,1-4H3,(H,24,25)/t20-/m1/s1. The largest absolute Gasteiger partial charge is 0.465 e. The van der Waals surface area contributed by atoms with Crippen LogP contribution in [0.2, 0.25) is 0 Å². The number of methoxy groups -OCH3 is 2. The Morgan fingerprint density at radius 3 is 1.93 bits per heavy atom. The first kappa shape index (κ1) is 22.1. The van der Waals surface area contributed by atoms with Gasteiger partial charge in [0, 0.05) is 11.7 Å². The summed E-state index contributed by atoms with van der Waals surface area (Å²) in [6.45, 7) is 4.21. The van der Waals surface area contributed by atoms with Crippen molar-refractivity contribution >= 4 is 23.5 Å². The van der Waals surface area contributed by atoms with E-state index in [1.807, 2.05) is 30.3 Å². The van der Waals surface area contributed by atoms with Gasteiger partial charge in [0.15, 0.2) is 0 Å². The molecule has 0 saturated heterocycles. The fraction of sp³-hybridized carbons (Fsp3) is 0.318. The van der Waals surface area contributed by atoms with Gasteiger partial charge in [-0.1, -0.05) is 44.2 Å². The van der Waals surface area contributed by atoms with Crippen LogP contribution in [0.3, 0.4) is 0 Å². The van der Waals surface area contributed by atoms with Crippen LogP contribution in [0, 0.1) is 5.92 Å². The van der Waals surface area contributed by atoms with E-state index in [4.69, 9.17) is 9.47 Å². The number of carbonyl (C=O) groups excluding carboxylic acids is 3. The summed E-state index contributed by atoms with van der Waals surface area (Å²) in [5.74, 6) is -1.26. The quantitative estimate of drug-likeness (QED) is 0.664. The van der Waals surface area contributed by atoms with Gasteiger partial charge in [0.05, 0.1) is 31.9 Å². The molecule has 0 aromatic heterocycles. The third-order valence-electron chi connectivity index (χ3n) is 4.37. The van der Waals surface area contributed by atoms with Crippen LogP contribution >= 0.6 is 0 Å². The average molecular weight is 398 g/mol.